The van der Waals surface area contributed by atoms with Crippen LogP contribution in [0.15, 0.2) is 21.1 Å². The molecule has 104 valence electrons. The van der Waals surface area contributed by atoms with Crippen LogP contribution in [0, 0.1) is 18.3 Å². The van der Waals surface area contributed by atoms with Crippen molar-refractivity contribution in [2.45, 2.75) is 6.92 Å². The van der Waals surface area contributed by atoms with Crippen LogP contribution in [0.25, 0.3) is 0 Å². The van der Waals surface area contributed by atoms with Gasteiger partial charge < -0.3 is 9.47 Å². The largest absolute Gasteiger partial charge is 0.496 e. The highest BCUT2D eigenvalue weighted by Crippen LogP contribution is 2.38. The molecule has 7 heteroatoms. The molecule has 20 heavy (non-hydrogen) atoms. The zero-order chi connectivity index (χ0) is 14.9. The standard InChI is InChI=1S/C13H11Br2N3O2/c1-7-8(6-16)13(18(2)17-7)20-12-5-9(14)11(19-3)4-10(12)15/h4-5H,1-3H3. The average molecular weight is 401 g/mol. The maximum atomic E-state index is 9.17. The van der Waals surface area contributed by atoms with Gasteiger partial charge >= 0.3 is 0 Å². The molecule has 0 aliphatic carbocycles. The molecule has 0 fully saturated rings. The van der Waals surface area contributed by atoms with Crippen LogP contribution in [0.5, 0.6) is 17.4 Å². The lowest BCUT2D eigenvalue weighted by molar-refractivity contribution is 0.405. The highest BCUT2D eigenvalue weighted by Gasteiger charge is 2.17. The molecular weight excluding hydrogens is 390 g/mol. The lowest BCUT2D eigenvalue weighted by Gasteiger charge is -2.11. The summed E-state index contributed by atoms with van der Waals surface area (Å²) in [6.07, 6.45) is 0. The van der Waals surface area contributed by atoms with E-state index in [1.54, 1.807) is 37.9 Å². The Kier molecular flexibility index (Phi) is 4.35. The number of nitrogens with zero attached hydrogens (tertiary/aromatic N) is 3. The molecule has 0 saturated heterocycles. The zero-order valence-electron chi connectivity index (χ0n) is 11.1. The third kappa shape index (κ3) is 2.67. The SMILES string of the molecule is COc1cc(Br)c(Oc2c(C#N)c(C)nn2C)cc1Br. The van der Waals surface area contributed by atoms with Crippen LogP contribution in [0.1, 0.15) is 11.3 Å². The second-order valence-electron chi connectivity index (χ2n) is 4.02. The first-order chi connectivity index (χ1) is 9.47. The number of methoxy groups -OCH3 is 1. The molecule has 2 rings (SSSR count). The van der Waals surface area contributed by atoms with E-state index in [0.29, 0.717) is 28.6 Å². The Morgan fingerprint density at radius 2 is 1.85 bits per heavy atom. The summed E-state index contributed by atoms with van der Waals surface area (Å²) in [6, 6.07) is 5.66. The van der Waals surface area contributed by atoms with Crippen molar-refractivity contribution in [1.82, 2.24) is 9.78 Å². The lowest BCUT2D eigenvalue weighted by atomic mass is 10.3. The number of aromatic nitrogens is 2. The summed E-state index contributed by atoms with van der Waals surface area (Å²) in [4.78, 5) is 0. The molecule has 0 aliphatic rings. The summed E-state index contributed by atoms with van der Waals surface area (Å²) in [5.41, 5.74) is 1.06. The van der Waals surface area contributed by atoms with Crippen LogP contribution in [-0.4, -0.2) is 16.9 Å². The monoisotopic (exact) mass is 399 g/mol. The molecule has 0 spiro atoms. The van der Waals surface area contributed by atoms with Crippen LogP contribution >= 0.6 is 31.9 Å². The van der Waals surface area contributed by atoms with Gasteiger partial charge in [-0.25, -0.2) is 4.68 Å². The van der Waals surface area contributed by atoms with Gasteiger partial charge in [0.05, 0.1) is 21.7 Å². The molecule has 0 N–H and O–H groups in total. The molecular formula is C13H11Br2N3O2. The van der Waals surface area contributed by atoms with E-state index in [9.17, 15) is 5.26 Å². The minimum absolute atomic E-state index is 0.405. The molecule has 0 aliphatic heterocycles. The molecule has 2 aromatic rings. The van der Waals surface area contributed by atoms with Gasteiger partial charge in [-0.1, -0.05) is 0 Å². The number of hydrogen-bond donors (Lipinski definition) is 0. The number of rotatable bonds is 3. The van der Waals surface area contributed by atoms with Gasteiger partial charge in [-0.3, -0.25) is 0 Å². The van der Waals surface area contributed by atoms with Gasteiger partial charge in [0.1, 0.15) is 23.1 Å². The summed E-state index contributed by atoms with van der Waals surface area (Å²) < 4.78 is 14.0. The second kappa shape index (κ2) is 5.85. The Morgan fingerprint density at radius 1 is 1.25 bits per heavy atom. The van der Waals surface area contributed by atoms with Crippen LogP contribution in [-0.2, 0) is 7.05 Å². The maximum absolute atomic E-state index is 9.17. The second-order valence-corrected chi connectivity index (χ2v) is 5.73. The molecule has 1 aromatic heterocycles. The average Bonchev–Trinajstić information content (AvgIpc) is 2.67. The van der Waals surface area contributed by atoms with Crippen molar-refractivity contribution < 1.29 is 9.47 Å². The number of halogens is 2. The third-order valence-electron chi connectivity index (χ3n) is 2.69. The number of aryl methyl sites for hydroxylation is 2. The minimum atomic E-state index is 0.405. The van der Waals surface area contributed by atoms with Gasteiger partial charge in [-0.2, -0.15) is 10.4 Å². The van der Waals surface area contributed by atoms with Crippen LogP contribution in [0.4, 0.5) is 0 Å². The van der Waals surface area contributed by atoms with Gasteiger partial charge in [0.2, 0.25) is 5.88 Å². The fraction of sp³-hybridized carbons (Fsp3) is 0.231. The van der Waals surface area contributed by atoms with E-state index in [2.05, 4.69) is 43.0 Å². The maximum Gasteiger partial charge on any atom is 0.235 e. The molecule has 5 nitrogen and oxygen atoms in total. The van der Waals surface area contributed by atoms with Gasteiger partial charge in [0.25, 0.3) is 0 Å². The Balaban J connectivity index is 2.46. The first kappa shape index (κ1) is 14.9. The molecule has 0 amide bonds. The first-order valence-electron chi connectivity index (χ1n) is 5.62. The highest BCUT2D eigenvalue weighted by atomic mass is 79.9. The Hall–Kier alpha value is -1.52. The van der Waals surface area contributed by atoms with Gasteiger partial charge in [-0.15, -0.1) is 0 Å². The molecule has 0 saturated carbocycles. The molecule has 1 aromatic carbocycles. The Morgan fingerprint density at radius 3 is 2.45 bits per heavy atom. The molecule has 1 heterocycles. The number of nitriles is 1. The van der Waals surface area contributed by atoms with E-state index < -0.39 is 0 Å². The van der Waals surface area contributed by atoms with Crippen molar-refractivity contribution in [3.8, 4) is 23.4 Å². The van der Waals surface area contributed by atoms with E-state index in [1.807, 2.05) is 0 Å². The normalized spacial score (nSPS) is 10.2. The molecule has 0 unspecified atom stereocenters. The van der Waals surface area contributed by atoms with Crippen LogP contribution in [0.3, 0.4) is 0 Å². The Labute approximate surface area is 133 Å². The fourth-order valence-corrected chi connectivity index (χ4v) is 2.62. The van der Waals surface area contributed by atoms with Crippen LogP contribution in [0.2, 0.25) is 0 Å². The summed E-state index contributed by atoms with van der Waals surface area (Å²) in [7, 11) is 3.32. The van der Waals surface area contributed by atoms with E-state index in [-0.39, 0.29) is 0 Å². The van der Waals surface area contributed by atoms with E-state index in [1.165, 1.54) is 0 Å². The summed E-state index contributed by atoms with van der Waals surface area (Å²) in [5.74, 6) is 1.66. The number of benzene rings is 1. The van der Waals surface area contributed by atoms with Crippen molar-refractivity contribution in [2.24, 2.45) is 7.05 Å². The van der Waals surface area contributed by atoms with Gasteiger partial charge in [-0.05, 0) is 50.9 Å². The fourth-order valence-electron chi connectivity index (χ4n) is 1.73. The van der Waals surface area contributed by atoms with Crippen molar-refractivity contribution in [2.75, 3.05) is 7.11 Å². The summed E-state index contributed by atoms with van der Waals surface area (Å²) in [5, 5.41) is 13.4. The summed E-state index contributed by atoms with van der Waals surface area (Å²) in [6.45, 7) is 1.77. The smallest absolute Gasteiger partial charge is 0.235 e. The van der Waals surface area contributed by atoms with Crippen molar-refractivity contribution >= 4 is 31.9 Å². The van der Waals surface area contributed by atoms with E-state index in [0.717, 1.165) is 8.95 Å². The van der Waals surface area contributed by atoms with Crippen LogP contribution < -0.4 is 9.47 Å². The lowest BCUT2D eigenvalue weighted by Crippen LogP contribution is -1.97. The summed E-state index contributed by atoms with van der Waals surface area (Å²) >= 11 is 6.82. The number of hydrogen-bond acceptors (Lipinski definition) is 4. The van der Waals surface area contributed by atoms with Gasteiger partial charge in [0, 0.05) is 7.05 Å². The zero-order valence-corrected chi connectivity index (χ0v) is 14.2. The molecule has 0 radical (unpaired) electrons. The third-order valence-corrected chi connectivity index (χ3v) is 3.93. The van der Waals surface area contributed by atoms with Crippen molar-refractivity contribution in [3.63, 3.8) is 0 Å². The van der Waals surface area contributed by atoms with Crippen molar-refractivity contribution in [1.29, 1.82) is 5.26 Å². The van der Waals surface area contributed by atoms with Crippen molar-refractivity contribution in [3.05, 3.63) is 32.3 Å². The number of ether oxygens (including phenoxy) is 2. The Bertz CT molecular complexity index is 705. The first-order valence-corrected chi connectivity index (χ1v) is 7.21. The predicted octanol–water partition coefficient (Wildman–Crippen LogP) is 3.93. The van der Waals surface area contributed by atoms with E-state index >= 15 is 0 Å². The molecule has 0 bridgehead atoms. The topological polar surface area (TPSA) is 60.1 Å². The highest BCUT2D eigenvalue weighted by molar-refractivity contribution is 9.11. The quantitative estimate of drug-likeness (QED) is 0.783. The molecule has 0 atom stereocenters. The predicted molar refractivity (Wildman–Crippen MR) is 81.1 cm³/mol. The minimum Gasteiger partial charge on any atom is -0.496 e. The van der Waals surface area contributed by atoms with Gasteiger partial charge in [0.15, 0.2) is 0 Å². The van der Waals surface area contributed by atoms with E-state index in [4.69, 9.17) is 9.47 Å².